The van der Waals surface area contributed by atoms with Gasteiger partial charge in [0.05, 0.1) is 26.2 Å². The Morgan fingerprint density at radius 1 is 0.667 bits per heavy atom. The van der Waals surface area contributed by atoms with E-state index in [4.69, 9.17) is 52.1 Å². The molecular weight excluding hydrogens is 654 g/mol. The van der Waals surface area contributed by atoms with Gasteiger partial charge in [-0.05, 0) is 29.8 Å². The van der Waals surface area contributed by atoms with Crippen LogP contribution in [-0.4, -0.2) is 102 Å². The second-order valence-corrected chi connectivity index (χ2v) is 12.9. The fraction of sp³-hybridized carbons (Fsp3) is 0.344. The maximum Gasteiger partial charge on any atom is 0.247 e. The van der Waals surface area contributed by atoms with E-state index in [0.29, 0.717) is 63.5 Å². The molecule has 1 aromatic heterocycles. The third kappa shape index (κ3) is 7.41. The Hall–Kier alpha value is -2.89. The van der Waals surface area contributed by atoms with Crippen molar-refractivity contribution in [1.82, 2.24) is 25.0 Å². The van der Waals surface area contributed by atoms with Crippen LogP contribution in [0.2, 0.25) is 20.1 Å². The van der Waals surface area contributed by atoms with E-state index in [0.717, 1.165) is 50.4 Å². The molecule has 2 aliphatic rings. The quantitative estimate of drug-likeness (QED) is 0.242. The molecule has 0 amide bonds. The van der Waals surface area contributed by atoms with E-state index in [2.05, 4.69) is 59.0 Å². The van der Waals surface area contributed by atoms with Crippen molar-refractivity contribution in [2.75, 3.05) is 81.0 Å². The van der Waals surface area contributed by atoms with Gasteiger partial charge in [-0.3, -0.25) is 9.80 Å². The summed E-state index contributed by atoms with van der Waals surface area (Å²) in [7, 11) is 0. The Balaban J connectivity index is 0.949. The highest BCUT2D eigenvalue weighted by Crippen LogP contribution is 2.35. The summed E-state index contributed by atoms with van der Waals surface area (Å²) in [5.41, 5.74) is 10.4. The highest BCUT2D eigenvalue weighted by atomic mass is 35.5. The normalized spacial score (nSPS) is 17.1. The first-order valence-electron chi connectivity index (χ1n) is 14.9. The lowest BCUT2D eigenvalue weighted by Crippen LogP contribution is -2.52. The molecule has 9 nitrogen and oxygen atoms in total. The number of nitrogen functional groups attached to an aromatic ring is 1. The summed E-state index contributed by atoms with van der Waals surface area (Å²) in [4.78, 5) is 13.6. The van der Waals surface area contributed by atoms with Crippen LogP contribution < -0.4 is 15.5 Å². The first-order chi connectivity index (χ1) is 21.8. The molecular formula is C32H34Cl4N8O. The molecule has 6 rings (SSSR count). The topological polar surface area (TPSA) is 97.9 Å². The summed E-state index contributed by atoms with van der Waals surface area (Å²) in [6.45, 7) is 7.87. The number of nitrogens with two attached hydrogens (primary N) is 1. The number of nitrogens with zero attached hydrogens (tertiary/aromatic N) is 7. The fourth-order valence-corrected chi connectivity index (χ4v) is 6.69. The minimum atomic E-state index is -0.430. The van der Waals surface area contributed by atoms with Crippen molar-refractivity contribution in [1.29, 1.82) is 0 Å². The molecule has 1 unspecified atom stereocenters. The van der Waals surface area contributed by atoms with Crippen molar-refractivity contribution in [2.45, 2.75) is 6.10 Å². The van der Waals surface area contributed by atoms with Gasteiger partial charge < -0.3 is 20.6 Å². The van der Waals surface area contributed by atoms with Crippen LogP contribution in [0.15, 0.2) is 60.7 Å². The molecule has 4 aromatic rings. The van der Waals surface area contributed by atoms with Crippen LogP contribution in [0.5, 0.6) is 0 Å². The number of β-amino-alcohol motifs (C(OH)–C–C–N with tert-alkyl or cyclic N) is 1. The lowest BCUT2D eigenvalue weighted by atomic mass is 10.0. The Morgan fingerprint density at radius 2 is 1.20 bits per heavy atom. The SMILES string of the molecule is Nc1nc(N2CCN(CC(O)CN3CCN(c4ccc(-c5cccc(Cl)c5Cl)cc4)CC3)CC2)nnc1-c1cccc(Cl)c1Cl. The van der Waals surface area contributed by atoms with Gasteiger partial charge in [-0.2, -0.15) is 4.98 Å². The van der Waals surface area contributed by atoms with Crippen LogP contribution in [0.4, 0.5) is 17.5 Å². The van der Waals surface area contributed by atoms with Crippen molar-refractivity contribution in [2.24, 2.45) is 0 Å². The minimum absolute atomic E-state index is 0.251. The number of aliphatic hydroxyl groups is 1. The van der Waals surface area contributed by atoms with Crippen LogP contribution >= 0.6 is 46.4 Å². The van der Waals surface area contributed by atoms with Gasteiger partial charge in [0.25, 0.3) is 0 Å². The zero-order chi connectivity index (χ0) is 31.5. The number of hydrogen-bond acceptors (Lipinski definition) is 9. The van der Waals surface area contributed by atoms with Crippen LogP contribution in [0.25, 0.3) is 22.4 Å². The molecule has 2 aliphatic heterocycles. The summed E-state index contributed by atoms with van der Waals surface area (Å²) in [5.74, 6) is 0.733. The summed E-state index contributed by atoms with van der Waals surface area (Å²) < 4.78 is 0. The molecule has 13 heteroatoms. The van der Waals surface area contributed by atoms with Crippen molar-refractivity contribution in [3.8, 4) is 22.4 Å². The number of hydrogen-bond donors (Lipinski definition) is 2. The van der Waals surface area contributed by atoms with E-state index in [1.54, 1.807) is 24.3 Å². The highest BCUT2D eigenvalue weighted by molar-refractivity contribution is 6.44. The Labute approximate surface area is 283 Å². The number of piperazine rings is 2. The van der Waals surface area contributed by atoms with Gasteiger partial charge in [0, 0.05) is 82.3 Å². The Morgan fingerprint density at radius 3 is 1.78 bits per heavy atom. The number of benzene rings is 3. The minimum Gasteiger partial charge on any atom is -0.390 e. The summed E-state index contributed by atoms with van der Waals surface area (Å²) >= 11 is 25.1. The molecule has 0 aliphatic carbocycles. The van der Waals surface area contributed by atoms with E-state index < -0.39 is 6.10 Å². The third-order valence-corrected chi connectivity index (χ3v) is 10.0. The summed E-state index contributed by atoms with van der Waals surface area (Å²) in [6.07, 6.45) is -0.430. The van der Waals surface area contributed by atoms with Gasteiger partial charge in [-0.25, -0.2) is 0 Å². The van der Waals surface area contributed by atoms with Crippen molar-refractivity contribution < 1.29 is 5.11 Å². The molecule has 0 spiro atoms. The Kier molecular flexibility index (Phi) is 10.2. The highest BCUT2D eigenvalue weighted by Gasteiger charge is 2.25. The maximum atomic E-state index is 10.9. The van der Waals surface area contributed by atoms with E-state index >= 15 is 0 Å². The van der Waals surface area contributed by atoms with Crippen molar-refractivity contribution in [3.05, 3.63) is 80.8 Å². The molecule has 3 heterocycles. The molecule has 2 fully saturated rings. The molecule has 3 aromatic carbocycles. The van der Waals surface area contributed by atoms with Crippen LogP contribution in [0, 0.1) is 0 Å². The number of aromatic nitrogens is 3. The first kappa shape index (κ1) is 32.1. The number of rotatable bonds is 8. The zero-order valence-corrected chi connectivity index (χ0v) is 27.6. The van der Waals surface area contributed by atoms with Gasteiger partial charge in [-0.15, -0.1) is 10.2 Å². The third-order valence-electron chi connectivity index (χ3n) is 8.37. The first-order valence-corrected chi connectivity index (χ1v) is 16.4. The fourth-order valence-electron chi connectivity index (χ4n) is 5.89. The maximum absolute atomic E-state index is 10.9. The predicted octanol–water partition coefficient (Wildman–Crippen LogP) is 5.71. The average molecular weight is 688 g/mol. The molecule has 3 N–H and O–H groups in total. The van der Waals surface area contributed by atoms with Crippen LogP contribution in [-0.2, 0) is 0 Å². The lowest BCUT2D eigenvalue weighted by molar-refractivity contribution is 0.0696. The molecule has 1 atom stereocenters. The largest absolute Gasteiger partial charge is 0.390 e. The van der Waals surface area contributed by atoms with Crippen molar-refractivity contribution in [3.63, 3.8) is 0 Å². The number of aliphatic hydroxyl groups excluding tert-OH is 1. The summed E-state index contributed by atoms with van der Waals surface area (Å²) in [6, 6.07) is 19.4. The monoisotopic (exact) mass is 686 g/mol. The van der Waals surface area contributed by atoms with Gasteiger partial charge in [0.15, 0.2) is 5.82 Å². The van der Waals surface area contributed by atoms with Gasteiger partial charge in [-0.1, -0.05) is 82.8 Å². The number of anilines is 3. The molecule has 2 saturated heterocycles. The smallest absolute Gasteiger partial charge is 0.247 e. The second kappa shape index (κ2) is 14.3. The number of halogens is 4. The van der Waals surface area contributed by atoms with Crippen LogP contribution in [0.3, 0.4) is 0 Å². The lowest BCUT2D eigenvalue weighted by Gasteiger charge is -2.39. The molecule has 45 heavy (non-hydrogen) atoms. The standard InChI is InChI=1S/C32H34Cl4N8O/c33-26-5-1-3-24(28(26)35)21-7-9-22(10-8-21)43-15-11-41(12-16-43)19-23(45)20-42-13-17-44(18-14-42)32-38-31(37)30(39-40-32)25-4-2-6-27(34)29(25)36/h1-10,23,45H,11-20H2,(H2,37,38,40). The molecule has 236 valence electrons. The summed E-state index contributed by atoms with van der Waals surface area (Å²) in [5, 5.41) is 21.5. The molecule has 0 saturated carbocycles. The average Bonchev–Trinajstić information content (AvgIpc) is 3.05. The predicted molar refractivity (Wildman–Crippen MR) is 185 cm³/mol. The Bertz CT molecular complexity index is 1630. The molecule has 0 radical (unpaired) electrons. The van der Waals surface area contributed by atoms with Crippen LogP contribution in [0.1, 0.15) is 0 Å². The van der Waals surface area contributed by atoms with Gasteiger partial charge in [0.1, 0.15) is 5.69 Å². The second-order valence-electron chi connectivity index (χ2n) is 11.3. The van der Waals surface area contributed by atoms with E-state index in [1.807, 2.05) is 12.1 Å². The van der Waals surface area contributed by atoms with E-state index in [1.165, 1.54) is 5.69 Å². The van der Waals surface area contributed by atoms with Crippen molar-refractivity contribution >= 4 is 63.9 Å². The molecule has 0 bridgehead atoms. The zero-order valence-electron chi connectivity index (χ0n) is 24.6. The van der Waals surface area contributed by atoms with Gasteiger partial charge in [0.2, 0.25) is 5.95 Å². The van der Waals surface area contributed by atoms with E-state index in [9.17, 15) is 5.11 Å². The van der Waals surface area contributed by atoms with E-state index in [-0.39, 0.29) is 5.82 Å². The van der Waals surface area contributed by atoms with Gasteiger partial charge >= 0.3 is 0 Å².